The molecule has 1 aromatic heterocycles. The van der Waals surface area contributed by atoms with Crippen molar-refractivity contribution in [1.82, 2.24) is 5.32 Å². The molecule has 3 heteroatoms. The van der Waals surface area contributed by atoms with Crippen LogP contribution in [-0.4, -0.2) is 12.6 Å². The molecule has 0 radical (unpaired) electrons. The summed E-state index contributed by atoms with van der Waals surface area (Å²) in [5, 5.41) is 3.58. The lowest BCUT2D eigenvalue weighted by molar-refractivity contribution is 0.446. The molecule has 1 nitrogen and oxygen atoms in total. The SMILES string of the molecule is Cc1ccc(CC(CNC(C)C)Cc2ccc(Cl)s2)cc1. The van der Waals surface area contributed by atoms with Gasteiger partial charge in [-0.15, -0.1) is 11.3 Å². The molecule has 0 saturated carbocycles. The lowest BCUT2D eigenvalue weighted by Crippen LogP contribution is -2.30. The maximum atomic E-state index is 6.05. The summed E-state index contributed by atoms with van der Waals surface area (Å²) in [7, 11) is 0. The number of benzene rings is 1. The zero-order chi connectivity index (χ0) is 15.2. The van der Waals surface area contributed by atoms with Crippen LogP contribution < -0.4 is 5.32 Å². The highest BCUT2D eigenvalue weighted by molar-refractivity contribution is 7.16. The number of thiophene rings is 1. The number of hydrogen-bond donors (Lipinski definition) is 1. The van der Waals surface area contributed by atoms with Gasteiger partial charge in [0.15, 0.2) is 0 Å². The van der Waals surface area contributed by atoms with Gasteiger partial charge < -0.3 is 5.32 Å². The largest absolute Gasteiger partial charge is 0.314 e. The molecule has 0 aliphatic heterocycles. The third kappa shape index (κ3) is 5.82. The van der Waals surface area contributed by atoms with E-state index in [-0.39, 0.29) is 0 Å². The van der Waals surface area contributed by atoms with Gasteiger partial charge in [-0.3, -0.25) is 0 Å². The van der Waals surface area contributed by atoms with Crippen LogP contribution in [-0.2, 0) is 12.8 Å². The van der Waals surface area contributed by atoms with Gasteiger partial charge in [0, 0.05) is 10.9 Å². The summed E-state index contributed by atoms with van der Waals surface area (Å²) in [6.07, 6.45) is 2.19. The number of aryl methyl sites for hydroxylation is 1. The van der Waals surface area contributed by atoms with Crippen molar-refractivity contribution in [3.63, 3.8) is 0 Å². The molecule has 1 unspecified atom stereocenters. The quantitative estimate of drug-likeness (QED) is 0.747. The fourth-order valence-electron chi connectivity index (χ4n) is 2.42. The third-order valence-corrected chi connectivity index (χ3v) is 4.83. The molecular weight excluding hydrogens is 298 g/mol. The number of nitrogens with one attached hydrogen (secondary N) is 1. The van der Waals surface area contributed by atoms with Crippen molar-refractivity contribution >= 4 is 22.9 Å². The van der Waals surface area contributed by atoms with Crippen LogP contribution in [0.5, 0.6) is 0 Å². The fourth-order valence-corrected chi connectivity index (χ4v) is 3.62. The molecule has 2 rings (SSSR count). The lowest BCUT2D eigenvalue weighted by atomic mass is 9.94. The molecule has 0 bridgehead atoms. The summed E-state index contributed by atoms with van der Waals surface area (Å²) >= 11 is 7.75. The Hall–Kier alpha value is -0.830. The normalized spacial score (nSPS) is 12.8. The van der Waals surface area contributed by atoms with E-state index in [1.807, 2.05) is 6.07 Å². The smallest absolute Gasteiger partial charge is 0.0931 e. The molecular formula is C18H24ClNS. The second kappa shape index (κ2) is 7.98. The average Bonchev–Trinajstić information content (AvgIpc) is 2.84. The van der Waals surface area contributed by atoms with E-state index in [2.05, 4.69) is 56.4 Å². The first-order valence-electron chi connectivity index (χ1n) is 7.56. The van der Waals surface area contributed by atoms with Crippen molar-refractivity contribution in [3.05, 3.63) is 56.7 Å². The Morgan fingerprint density at radius 2 is 1.76 bits per heavy atom. The van der Waals surface area contributed by atoms with Crippen molar-refractivity contribution < 1.29 is 0 Å². The van der Waals surface area contributed by atoms with Crippen LogP contribution in [0.4, 0.5) is 0 Å². The monoisotopic (exact) mass is 321 g/mol. The second-order valence-electron chi connectivity index (χ2n) is 6.03. The van der Waals surface area contributed by atoms with Gasteiger partial charge in [0.05, 0.1) is 4.34 Å². The van der Waals surface area contributed by atoms with Crippen molar-refractivity contribution in [2.24, 2.45) is 5.92 Å². The van der Waals surface area contributed by atoms with Gasteiger partial charge in [-0.2, -0.15) is 0 Å². The third-order valence-electron chi connectivity index (χ3n) is 3.58. The van der Waals surface area contributed by atoms with Gasteiger partial charge >= 0.3 is 0 Å². The molecule has 1 aromatic carbocycles. The second-order valence-corrected chi connectivity index (χ2v) is 7.83. The van der Waals surface area contributed by atoms with Gasteiger partial charge in [0.25, 0.3) is 0 Å². The van der Waals surface area contributed by atoms with Crippen LogP contribution in [0.25, 0.3) is 0 Å². The minimum Gasteiger partial charge on any atom is -0.314 e. The van der Waals surface area contributed by atoms with Gasteiger partial charge in [-0.25, -0.2) is 0 Å². The van der Waals surface area contributed by atoms with Crippen LogP contribution in [0, 0.1) is 12.8 Å². The standard InChI is InChI=1S/C18H24ClNS/c1-13(2)20-12-16(11-17-8-9-18(19)21-17)10-15-6-4-14(3)5-7-15/h4-9,13,16,20H,10-12H2,1-3H3. The molecule has 2 aromatic rings. The molecule has 1 heterocycles. The summed E-state index contributed by atoms with van der Waals surface area (Å²) in [6, 6.07) is 13.6. The Morgan fingerprint density at radius 3 is 2.33 bits per heavy atom. The highest BCUT2D eigenvalue weighted by Crippen LogP contribution is 2.25. The van der Waals surface area contributed by atoms with Crippen LogP contribution in [0.2, 0.25) is 4.34 Å². The number of rotatable bonds is 7. The molecule has 1 N–H and O–H groups in total. The summed E-state index contributed by atoms with van der Waals surface area (Å²) in [5.74, 6) is 0.602. The van der Waals surface area contributed by atoms with Gasteiger partial charge in [0.1, 0.15) is 0 Å². The average molecular weight is 322 g/mol. The first-order valence-corrected chi connectivity index (χ1v) is 8.75. The van der Waals surface area contributed by atoms with Crippen LogP contribution in [0.3, 0.4) is 0 Å². The van der Waals surface area contributed by atoms with E-state index in [4.69, 9.17) is 11.6 Å². The van der Waals surface area contributed by atoms with E-state index >= 15 is 0 Å². The predicted molar refractivity (Wildman–Crippen MR) is 94.5 cm³/mol. The zero-order valence-electron chi connectivity index (χ0n) is 13.0. The lowest BCUT2D eigenvalue weighted by Gasteiger charge is -2.19. The summed E-state index contributed by atoms with van der Waals surface area (Å²) in [5.41, 5.74) is 2.74. The molecule has 0 aliphatic rings. The Morgan fingerprint density at radius 1 is 1.05 bits per heavy atom. The topological polar surface area (TPSA) is 12.0 Å². The highest BCUT2D eigenvalue weighted by Gasteiger charge is 2.13. The zero-order valence-corrected chi connectivity index (χ0v) is 14.6. The van der Waals surface area contributed by atoms with Gasteiger partial charge in [0.2, 0.25) is 0 Å². The van der Waals surface area contributed by atoms with Crippen molar-refractivity contribution in [2.45, 2.75) is 39.7 Å². The molecule has 0 spiro atoms. The van der Waals surface area contributed by atoms with Crippen molar-refractivity contribution in [1.29, 1.82) is 0 Å². The van der Waals surface area contributed by atoms with Crippen LogP contribution in [0.15, 0.2) is 36.4 Å². The highest BCUT2D eigenvalue weighted by atomic mass is 35.5. The molecule has 0 aliphatic carbocycles. The minimum atomic E-state index is 0.525. The van der Waals surface area contributed by atoms with Crippen molar-refractivity contribution in [2.75, 3.05) is 6.54 Å². The van der Waals surface area contributed by atoms with E-state index in [9.17, 15) is 0 Å². The molecule has 0 amide bonds. The summed E-state index contributed by atoms with van der Waals surface area (Å²) < 4.78 is 0.885. The molecule has 1 atom stereocenters. The van der Waals surface area contributed by atoms with Gasteiger partial charge in [-0.1, -0.05) is 55.3 Å². The minimum absolute atomic E-state index is 0.525. The molecule has 114 valence electrons. The van der Waals surface area contributed by atoms with E-state index in [0.29, 0.717) is 12.0 Å². The summed E-state index contributed by atoms with van der Waals surface area (Å²) in [4.78, 5) is 1.38. The number of halogens is 1. The van der Waals surface area contributed by atoms with E-state index in [1.165, 1.54) is 16.0 Å². The van der Waals surface area contributed by atoms with Gasteiger partial charge in [-0.05, 0) is 49.9 Å². The van der Waals surface area contributed by atoms with E-state index < -0.39 is 0 Å². The Kier molecular flexibility index (Phi) is 6.28. The van der Waals surface area contributed by atoms with Crippen LogP contribution in [0.1, 0.15) is 29.9 Å². The Labute approximate surface area is 137 Å². The maximum Gasteiger partial charge on any atom is 0.0931 e. The molecule has 0 fully saturated rings. The van der Waals surface area contributed by atoms with E-state index in [1.54, 1.807) is 11.3 Å². The predicted octanol–water partition coefficient (Wildman–Crippen LogP) is 5.11. The summed E-state index contributed by atoms with van der Waals surface area (Å²) in [6.45, 7) is 7.58. The fraction of sp³-hybridized carbons (Fsp3) is 0.444. The Balaban J connectivity index is 2.02. The first kappa shape index (κ1) is 16.5. The van der Waals surface area contributed by atoms with E-state index in [0.717, 1.165) is 23.7 Å². The molecule has 0 saturated heterocycles. The Bertz CT molecular complexity index is 545. The maximum absolute atomic E-state index is 6.05. The van der Waals surface area contributed by atoms with Crippen molar-refractivity contribution in [3.8, 4) is 0 Å². The number of hydrogen-bond acceptors (Lipinski definition) is 2. The first-order chi connectivity index (χ1) is 10.0. The molecule has 21 heavy (non-hydrogen) atoms. The van der Waals surface area contributed by atoms with Crippen LogP contribution >= 0.6 is 22.9 Å².